The highest BCUT2D eigenvalue weighted by Crippen LogP contribution is 2.20. The summed E-state index contributed by atoms with van der Waals surface area (Å²) in [5, 5.41) is 2.53. The standard InChI is InChI=1S/C10H12FN3O3S/c11-8-2-1-7(5-9(8)12)18(16,17)14-4-3-13-10(15)6-14/h1-2,5H,3-4,6,12H2,(H,13,15). The first kappa shape index (κ1) is 12.8. The molecule has 0 aromatic heterocycles. The third kappa shape index (κ3) is 2.29. The number of piperazine rings is 1. The quantitative estimate of drug-likeness (QED) is 0.712. The Morgan fingerprint density at radius 1 is 1.39 bits per heavy atom. The zero-order valence-corrected chi connectivity index (χ0v) is 10.2. The van der Waals surface area contributed by atoms with E-state index in [4.69, 9.17) is 5.73 Å². The van der Waals surface area contributed by atoms with Crippen molar-refractivity contribution in [3.8, 4) is 0 Å². The van der Waals surface area contributed by atoms with Gasteiger partial charge < -0.3 is 11.1 Å². The number of nitrogens with one attached hydrogen (secondary N) is 1. The third-order valence-corrected chi connectivity index (χ3v) is 4.45. The van der Waals surface area contributed by atoms with E-state index >= 15 is 0 Å². The van der Waals surface area contributed by atoms with Crippen LogP contribution in [0.5, 0.6) is 0 Å². The van der Waals surface area contributed by atoms with Crippen LogP contribution in [0.15, 0.2) is 23.1 Å². The Balaban J connectivity index is 2.35. The second-order valence-corrected chi connectivity index (χ2v) is 5.81. The summed E-state index contributed by atoms with van der Waals surface area (Å²) in [7, 11) is -3.81. The molecule has 0 bridgehead atoms. The minimum absolute atomic E-state index is 0.115. The van der Waals surface area contributed by atoms with Gasteiger partial charge in [0, 0.05) is 13.1 Å². The zero-order valence-electron chi connectivity index (χ0n) is 9.39. The molecule has 1 aromatic carbocycles. The molecule has 3 N–H and O–H groups in total. The summed E-state index contributed by atoms with van der Waals surface area (Å²) >= 11 is 0. The number of hydrogen-bond acceptors (Lipinski definition) is 4. The lowest BCUT2D eigenvalue weighted by molar-refractivity contribution is -0.122. The second kappa shape index (κ2) is 4.54. The van der Waals surface area contributed by atoms with Crippen molar-refractivity contribution in [2.75, 3.05) is 25.4 Å². The first-order chi connectivity index (χ1) is 8.41. The van der Waals surface area contributed by atoms with E-state index in [1.807, 2.05) is 0 Å². The van der Waals surface area contributed by atoms with Crippen LogP contribution in [-0.4, -0.2) is 38.3 Å². The molecule has 0 saturated carbocycles. The second-order valence-electron chi connectivity index (χ2n) is 3.87. The maximum Gasteiger partial charge on any atom is 0.243 e. The molecule has 1 saturated heterocycles. The molecule has 6 nitrogen and oxygen atoms in total. The van der Waals surface area contributed by atoms with Crippen molar-refractivity contribution >= 4 is 21.6 Å². The number of sulfonamides is 1. The van der Waals surface area contributed by atoms with Gasteiger partial charge in [-0.15, -0.1) is 0 Å². The van der Waals surface area contributed by atoms with Crippen molar-refractivity contribution in [1.82, 2.24) is 9.62 Å². The Morgan fingerprint density at radius 2 is 2.11 bits per heavy atom. The number of nitrogens with zero attached hydrogens (tertiary/aromatic N) is 1. The van der Waals surface area contributed by atoms with Crippen molar-refractivity contribution in [1.29, 1.82) is 0 Å². The minimum Gasteiger partial charge on any atom is -0.396 e. The topological polar surface area (TPSA) is 92.5 Å². The Labute approximate surface area is 104 Å². The fourth-order valence-corrected chi connectivity index (χ4v) is 3.08. The largest absolute Gasteiger partial charge is 0.396 e. The van der Waals surface area contributed by atoms with Gasteiger partial charge in [-0.25, -0.2) is 12.8 Å². The maximum atomic E-state index is 13.0. The smallest absolute Gasteiger partial charge is 0.243 e. The highest BCUT2D eigenvalue weighted by molar-refractivity contribution is 7.89. The Hall–Kier alpha value is -1.67. The molecule has 0 atom stereocenters. The molecule has 0 unspecified atom stereocenters. The van der Waals surface area contributed by atoms with Gasteiger partial charge in [-0.3, -0.25) is 4.79 Å². The van der Waals surface area contributed by atoms with Gasteiger partial charge in [0.1, 0.15) is 5.82 Å². The summed E-state index contributed by atoms with van der Waals surface area (Å²) < 4.78 is 38.4. The lowest BCUT2D eigenvalue weighted by Crippen LogP contribution is -2.49. The van der Waals surface area contributed by atoms with Gasteiger partial charge in [0.05, 0.1) is 17.1 Å². The predicted molar refractivity (Wildman–Crippen MR) is 62.6 cm³/mol. The van der Waals surface area contributed by atoms with E-state index in [-0.39, 0.29) is 36.1 Å². The molecule has 1 heterocycles. The van der Waals surface area contributed by atoms with Crippen molar-refractivity contribution in [2.45, 2.75) is 4.90 Å². The number of nitrogen functional groups attached to an aromatic ring is 1. The van der Waals surface area contributed by atoms with Crippen LogP contribution >= 0.6 is 0 Å². The van der Waals surface area contributed by atoms with E-state index in [9.17, 15) is 17.6 Å². The molecule has 0 radical (unpaired) electrons. The number of rotatable bonds is 2. The van der Waals surface area contributed by atoms with Crippen LogP contribution in [0.3, 0.4) is 0 Å². The van der Waals surface area contributed by atoms with Gasteiger partial charge in [0.2, 0.25) is 15.9 Å². The molecule has 1 fully saturated rings. The van der Waals surface area contributed by atoms with Gasteiger partial charge in [0.25, 0.3) is 0 Å². The molecule has 1 aliphatic rings. The first-order valence-corrected chi connectivity index (χ1v) is 6.67. The minimum atomic E-state index is -3.81. The molecular weight excluding hydrogens is 261 g/mol. The van der Waals surface area contributed by atoms with Crippen LogP contribution in [0, 0.1) is 5.82 Å². The normalized spacial score (nSPS) is 17.5. The van der Waals surface area contributed by atoms with Crippen LogP contribution in [0.4, 0.5) is 10.1 Å². The molecule has 18 heavy (non-hydrogen) atoms. The van der Waals surface area contributed by atoms with Crippen LogP contribution in [0.2, 0.25) is 0 Å². The first-order valence-electron chi connectivity index (χ1n) is 5.23. The number of amides is 1. The van der Waals surface area contributed by atoms with Crippen LogP contribution in [-0.2, 0) is 14.8 Å². The fourth-order valence-electron chi connectivity index (χ4n) is 1.65. The number of hydrogen-bond donors (Lipinski definition) is 2. The highest BCUT2D eigenvalue weighted by atomic mass is 32.2. The van der Waals surface area contributed by atoms with Crippen LogP contribution < -0.4 is 11.1 Å². The Kier molecular flexibility index (Phi) is 3.22. The van der Waals surface area contributed by atoms with Crippen molar-refractivity contribution in [3.63, 3.8) is 0 Å². The average molecular weight is 273 g/mol. The number of nitrogens with two attached hydrogens (primary N) is 1. The van der Waals surface area contributed by atoms with E-state index in [2.05, 4.69) is 5.32 Å². The van der Waals surface area contributed by atoms with E-state index in [1.165, 1.54) is 0 Å². The number of benzene rings is 1. The number of halogens is 1. The SMILES string of the molecule is Nc1cc(S(=O)(=O)N2CCNC(=O)C2)ccc1F. The van der Waals surface area contributed by atoms with Gasteiger partial charge >= 0.3 is 0 Å². The summed E-state index contributed by atoms with van der Waals surface area (Å²) in [5.74, 6) is -1.04. The average Bonchev–Trinajstić information content (AvgIpc) is 2.32. The van der Waals surface area contributed by atoms with Gasteiger partial charge in [-0.2, -0.15) is 4.31 Å². The van der Waals surface area contributed by atoms with Crippen molar-refractivity contribution in [2.24, 2.45) is 0 Å². The van der Waals surface area contributed by atoms with Gasteiger partial charge in [0.15, 0.2) is 0 Å². The van der Waals surface area contributed by atoms with E-state index < -0.39 is 15.8 Å². The Bertz CT molecular complexity index is 588. The highest BCUT2D eigenvalue weighted by Gasteiger charge is 2.29. The molecule has 0 aliphatic carbocycles. The van der Waals surface area contributed by atoms with Gasteiger partial charge in [-0.05, 0) is 18.2 Å². The van der Waals surface area contributed by atoms with E-state index in [0.29, 0.717) is 0 Å². The van der Waals surface area contributed by atoms with Crippen LogP contribution in [0.1, 0.15) is 0 Å². The summed E-state index contributed by atoms with van der Waals surface area (Å²) in [4.78, 5) is 11.1. The molecule has 1 amide bonds. The van der Waals surface area contributed by atoms with Crippen molar-refractivity contribution < 1.29 is 17.6 Å². The van der Waals surface area contributed by atoms with Gasteiger partial charge in [-0.1, -0.05) is 0 Å². The van der Waals surface area contributed by atoms with E-state index in [1.54, 1.807) is 0 Å². The number of anilines is 1. The van der Waals surface area contributed by atoms with Crippen LogP contribution in [0.25, 0.3) is 0 Å². The number of carbonyl (C=O) groups excluding carboxylic acids is 1. The Morgan fingerprint density at radius 3 is 2.72 bits per heavy atom. The molecule has 98 valence electrons. The molecular formula is C10H12FN3O3S. The van der Waals surface area contributed by atoms with E-state index in [0.717, 1.165) is 22.5 Å². The fraction of sp³-hybridized carbons (Fsp3) is 0.300. The third-order valence-electron chi connectivity index (χ3n) is 2.61. The van der Waals surface area contributed by atoms with Crippen molar-refractivity contribution in [3.05, 3.63) is 24.0 Å². The molecule has 2 rings (SSSR count). The maximum absolute atomic E-state index is 13.0. The lowest BCUT2D eigenvalue weighted by atomic mass is 10.3. The summed E-state index contributed by atoms with van der Waals surface area (Å²) in [6.45, 7) is 0.208. The lowest BCUT2D eigenvalue weighted by Gasteiger charge is -2.25. The zero-order chi connectivity index (χ0) is 13.3. The summed E-state index contributed by atoms with van der Waals surface area (Å²) in [6.07, 6.45) is 0. The summed E-state index contributed by atoms with van der Waals surface area (Å²) in [6, 6.07) is 3.18. The summed E-state index contributed by atoms with van der Waals surface area (Å²) in [5.41, 5.74) is 5.10. The number of carbonyl (C=O) groups is 1. The molecule has 8 heteroatoms. The molecule has 0 spiro atoms. The molecule has 1 aromatic rings. The molecule has 1 aliphatic heterocycles. The monoisotopic (exact) mass is 273 g/mol. The predicted octanol–water partition coefficient (Wildman–Crippen LogP) is -0.472.